The van der Waals surface area contributed by atoms with Crippen molar-refractivity contribution in [2.75, 3.05) is 7.11 Å². The average Bonchev–Trinajstić information content (AvgIpc) is 2.33. The lowest BCUT2D eigenvalue weighted by Gasteiger charge is -2.24. The van der Waals surface area contributed by atoms with Gasteiger partial charge in [0, 0.05) is 18.0 Å². The molecule has 0 radical (unpaired) electrons. The summed E-state index contributed by atoms with van der Waals surface area (Å²) in [6.45, 7) is 4.87. The molecule has 1 aromatic carbocycles. The van der Waals surface area contributed by atoms with Crippen molar-refractivity contribution in [2.24, 2.45) is 5.92 Å². The van der Waals surface area contributed by atoms with E-state index in [1.165, 1.54) is 12.0 Å². The second-order valence-corrected chi connectivity index (χ2v) is 5.57. The second kappa shape index (κ2) is 6.09. The number of carbonyl (C=O) groups is 1. The van der Waals surface area contributed by atoms with Gasteiger partial charge >= 0.3 is 0 Å². The van der Waals surface area contributed by atoms with Gasteiger partial charge in [-0.25, -0.2) is 0 Å². The summed E-state index contributed by atoms with van der Waals surface area (Å²) in [6.07, 6.45) is 3.26. The third-order valence-corrected chi connectivity index (χ3v) is 3.91. The normalized spacial score (nSPS) is 15.2. The molecule has 1 N–H and O–H groups in total. The smallest absolute Gasteiger partial charge is 0.223 e. The number of nitrogens with one attached hydrogen (secondary N) is 1. The fraction of sp³-hybridized carbons (Fsp3) is 0.562. The largest absolute Gasteiger partial charge is 0.496 e. The van der Waals surface area contributed by atoms with Gasteiger partial charge < -0.3 is 10.1 Å². The second-order valence-electron chi connectivity index (χ2n) is 5.57. The van der Waals surface area contributed by atoms with Gasteiger partial charge in [-0.1, -0.05) is 32.4 Å². The Balaban J connectivity index is 2.00. The van der Waals surface area contributed by atoms with Crippen molar-refractivity contribution < 1.29 is 9.53 Å². The van der Waals surface area contributed by atoms with Gasteiger partial charge in [0.15, 0.2) is 0 Å². The van der Waals surface area contributed by atoms with E-state index in [4.69, 9.17) is 4.74 Å². The van der Waals surface area contributed by atoms with Crippen molar-refractivity contribution in [3.63, 3.8) is 0 Å². The maximum atomic E-state index is 11.8. The van der Waals surface area contributed by atoms with Crippen molar-refractivity contribution in [2.45, 2.75) is 45.6 Å². The van der Waals surface area contributed by atoms with Gasteiger partial charge in [0.25, 0.3) is 0 Å². The number of hydrogen-bond acceptors (Lipinski definition) is 2. The molecule has 1 saturated carbocycles. The van der Waals surface area contributed by atoms with Crippen LogP contribution >= 0.6 is 0 Å². The molecular formula is C16H23NO2. The Bertz CT molecular complexity index is 450. The van der Waals surface area contributed by atoms with E-state index in [1.54, 1.807) is 7.11 Å². The zero-order chi connectivity index (χ0) is 13.8. The Hall–Kier alpha value is -1.51. The van der Waals surface area contributed by atoms with E-state index < -0.39 is 0 Å². The van der Waals surface area contributed by atoms with Crippen LogP contribution in [0.15, 0.2) is 18.2 Å². The maximum absolute atomic E-state index is 11.8. The highest BCUT2D eigenvalue weighted by Gasteiger charge is 2.24. The van der Waals surface area contributed by atoms with Crippen molar-refractivity contribution in [3.05, 3.63) is 29.3 Å². The monoisotopic (exact) mass is 261 g/mol. The topological polar surface area (TPSA) is 38.3 Å². The van der Waals surface area contributed by atoms with Gasteiger partial charge in [-0.15, -0.1) is 0 Å². The molecule has 0 atom stereocenters. The first-order valence-electron chi connectivity index (χ1n) is 7.06. The van der Waals surface area contributed by atoms with E-state index >= 15 is 0 Å². The minimum Gasteiger partial charge on any atom is -0.496 e. The lowest BCUT2D eigenvalue weighted by molar-refractivity contribution is -0.127. The summed E-state index contributed by atoms with van der Waals surface area (Å²) in [5.41, 5.74) is 2.30. The van der Waals surface area contributed by atoms with E-state index in [0.29, 0.717) is 12.5 Å². The Morgan fingerprint density at radius 2 is 2.16 bits per heavy atom. The van der Waals surface area contributed by atoms with E-state index in [2.05, 4.69) is 37.4 Å². The van der Waals surface area contributed by atoms with Crippen LogP contribution in [0.5, 0.6) is 5.75 Å². The van der Waals surface area contributed by atoms with E-state index in [0.717, 1.165) is 24.2 Å². The lowest BCUT2D eigenvalue weighted by atomic mass is 9.85. The van der Waals surface area contributed by atoms with Gasteiger partial charge in [0.1, 0.15) is 5.75 Å². The molecule has 0 aliphatic heterocycles. The molecular weight excluding hydrogens is 238 g/mol. The number of benzene rings is 1. The van der Waals surface area contributed by atoms with Crippen LogP contribution in [0.25, 0.3) is 0 Å². The predicted molar refractivity (Wildman–Crippen MR) is 76.3 cm³/mol. The first-order chi connectivity index (χ1) is 9.11. The van der Waals surface area contributed by atoms with Crippen LogP contribution in [0.3, 0.4) is 0 Å². The highest BCUT2D eigenvalue weighted by Crippen LogP contribution is 2.27. The number of ether oxygens (including phenoxy) is 1. The Kier molecular flexibility index (Phi) is 4.46. The van der Waals surface area contributed by atoms with Crippen LogP contribution in [-0.2, 0) is 11.3 Å². The first kappa shape index (κ1) is 13.9. The molecule has 1 amide bonds. The van der Waals surface area contributed by atoms with Crippen LogP contribution in [0.1, 0.15) is 50.2 Å². The number of amides is 1. The molecule has 0 spiro atoms. The Morgan fingerprint density at radius 3 is 2.68 bits per heavy atom. The summed E-state index contributed by atoms with van der Waals surface area (Å²) in [5.74, 6) is 1.76. The number of carbonyl (C=O) groups excluding carboxylic acids is 1. The molecule has 0 bridgehead atoms. The van der Waals surface area contributed by atoms with Crippen LogP contribution in [0.4, 0.5) is 0 Å². The highest BCUT2D eigenvalue weighted by atomic mass is 16.5. The van der Waals surface area contributed by atoms with Gasteiger partial charge in [0.05, 0.1) is 7.11 Å². The van der Waals surface area contributed by atoms with Crippen LogP contribution in [-0.4, -0.2) is 13.0 Å². The van der Waals surface area contributed by atoms with Crippen molar-refractivity contribution in [1.29, 1.82) is 0 Å². The molecule has 0 saturated heterocycles. The average molecular weight is 261 g/mol. The molecule has 3 heteroatoms. The molecule has 1 fully saturated rings. The molecule has 1 aliphatic carbocycles. The molecule has 1 aromatic rings. The van der Waals surface area contributed by atoms with Crippen molar-refractivity contribution >= 4 is 5.91 Å². The molecule has 0 heterocycles. The summed E-state index contributed by atoms with van der Waals surface area (Å²) in [7, 11) is 1.68. The molecule has 1 aliphatic rings. The molecule has 19 heavy (non-hydrogen) atoms. The molecule has 3 nitrogen and oxygen atoms in total. The SMILES string of the molecule is COc1cc(C(C)C)ccc1CNC(=O)C1CCC1. The highest BCUT2D eigenvalue weighted by molar-refractivity contribution is 5.79. The zero-order valence-corrected chi connectivity index (χ0v) is 12.0. The summed E-state index contributed by atoms with van der Waals surface area (Å²) >= 11 is 0. The van der Waals surface area contributed by atoms with Gasteiger partial charge in [-0.05, 0) is 30.4 Å². The molecule has 104 valence electrons. The number of rotatable bonds is 5. The molecule has 0 unspecified atom stereocenters. The fourth-order valence-electron chi connectivity index (χ4n) is 2.26. The van der Waals surface area contributed by atoms with E-state index in [1.807, 2.05) is 0 Å². The summed E-state index contributed by atoms with van der Waals surface area (Å²) in [5, 5.41) is 3.01. The molecule has 0 aromatic heterocycles. The minimum absolute atomic E-state index is 0.182. The van der Waals surface area contributed by atoms with Crippen LogP contribution in [0.2, 0.25) is 0 Å². The maximum Gasteiger partial charge on any atom is 0.223 e. The van der Waals surface area contributed by atoms with Gasteiger partial charge in [-0.2, -0.15) is 0 Å². The summed E-state index contributed by atoms with van der Waals surface area (Å²) in [4.78, 5) is 11.8. The summed E-state index contributed by atoms with van der Waals surface area (Å²) in [6, 6.07) is 6.22. The van der Waals surface area contributed by atoms with E-state index in [-0.39, 0.29) is 11.8 Å². The third kappa shape index (κ3) is 3.28. The lowest BCUT2D eigenvalue weighted by Crippen LogP contribution is -2.34. The third-order valence-electron chi connectivity index (χ3n) is 3.91. The minimum atomic E-state index is 0.182. The predicted octanol–water partition coefficient (Wildman–Crippen LogP) is 3.23. The van der Waals surface area contributed by atoms with Crippen molar-refractivity contribution in [1.82, 2.24) is 5.32 Å². The molecule has 2 rings (SSSR count). The standard InChI is InChI=1S/C16H23NO2/c1-11(2)13-7-8-14(15(9-13)19-3)10-17-16(18)12-5-4-6-12/h7-9,11-12H,4-6,10H2,1-3H3,(H,17,18). The Labute approximate surface area is 115 Å². The van der Waals surface area contributed by atoms with Crippen LogP contribution in [0, 0.1) is 5.92 Å². The zero-order valence-electron chi connectivity index (χ0n) is 12.0. The Morgan fingerprint density at radius 1 is 1.42 bits per heavy atom. The quantitative estimate of drug-likeness (QED) is 0.883. The summed E-state index contributed by atoms with van der Waals surface area (Å²) < 4.78 is 5.42. The number of methoxy groups -OCH3 is 1. The van der Waals surface area contributed by atoms with Gasteiger partial charge in [0.2, 0.25) is 5.91 Å². The number of hydrogen-bond donors (Lipinski definition) is 1. The fourth-order valence-corrected chi connectivity index (χ4v) is 2.26. The first-order valence-corrected chi connectivity index (χ1v) is 7.06. The van der Waals surface area contributed by atoms with Crippen LogP contribution < -0.4 is 10.1 Å². The van der Waals surface area contributed by atoms with E-state index in [9.17, 15) is 4.79 Å². The van der Waals surface area contributed by atoms with Gasteiger partial charge in [-0.3, -0.25) is 4.79 Å². The van der Waals surface area contributed by atoms with Crippen molar-refractivity contribution in [3.8, 4) is 5.75 Å².